The summed E-state index contributed by atoms with van der Waals surface area (Å²) in [5.41, 5.74) is 2.35. The molecule has 4 heterocycles. The summed E-state index contributed by atoms with van der Waals surface area (Å²) in [7, 11) is 0. The summed E-state index contributed by atoms with van der Waals surface area (Å²) in [6.07, 6.45) is 3.97. The average molecular weight is 403 g/mol. The fourth-order valence-corrected chi connectivity index (χ4v) is 5.67. The van der Waals surface area contributed by atoms with Crippen molar-refractivity contribution >= 4 is 0 Å². The van der Waals surface area contributed by atoms with Crippen molar-refractivity contribution in [3.8, 4) is 17.2 Å². The van der Waals surface area contributed by atoms with E-state index in [2.05, 4.69) is 40.7 Å². The van der Waals surface area contributed by atoms with E-state index in [4.69, 9.17) is 23.7 Å². The molecule has 0 N–H and O–H groups in total. The first-order valence-corrected chi connectivity index (χ1v) is 11.3. The normalized spacial score (nSPS) is 39.6. The highest BCUT2D eigenvalue weighted by molar-refractivity contribution is 5.60. The summed E-state index contributed by atoms with van der Waals surface area (Å²) < 4.78 is 31.6. The highest BCUT2D eigenvalue weighted by atomic mass is 16.7. The molecule has 0 amide bonds. The van der Waals surface area contributed by atoms with Crippen LogP contribution >= 0.6 is 0 Å². The number of fused-ring (bicyclic) bond motifs is 5. The van der Waals surface area contributed by atoms with Gasteiger partial charge in [0, 0.05) is 42.9 Å². The van der Waals surface area contributed by atoms with E-state index >= 15 is 0 Å². The molecule has 29 heavy (non-hydrogen) atoms. The van der Waals surface area contributed by atoms with Crippen LogP contribution in [-0.4, -0.2) is 31.4 Å². The Bertz CT molecular complexity index is 807. The third kappa shape index (κ3) is 2.96. The van der Waals surface area contributed by atoms with Gasteiger partial charge in [0.05, 0.1) is 19.8 Å². The van der Waals surface area contributed by atoms with Gasteiger partial charge in [0.15, 0.2) is 0 Å². The van der Waals surface area contributed by atoms with E-state index < -0.39 is 11.6 Å². The Morgan fingerprint density at radius 2 is 1.59 bits per heavy atom. The van der Waals surface area contributed by atoms with Gasteiger partial charge in [-0.15, -0.1) is 0 Å². The fraction of sp³-hybridized carbons (Fsp3) is 0.750. The lowest BCUT2D eigenvalue weighted by Crippen LogP contribution is -2.46. The minimum Gasteiger partial charge on any atom is -0.493 e. The Labute approximate surface area is 174 Å². The second-order valence-corrected chi connectivity index (χ2v) is 9.79. The maximum absolute atomic E-state index is 6.65. The zero-order valence-electron chi connectivity index (χ0n) is 18.4. The van der Waals surface area contributed by atoms with Gasteiger partial charge in [0.2, 0.25) is 11.6 Å². The predicted molar refractivity (Wildman–Crippen MR) is 110 cm³/mol. The van der Waals surface area contributed by atoms with Crippen LogP contribution in [0.2, 0.25) is 0 Å². The lowest BCUT2D eigenvalue weighted by molar-refractivity contribution is -0.174. The second kappa shape index (κ2) is 6.78. The van der Waals surface area contributed by atoms with Crippen LogP contribution in [-0.2, 0) is 22.3 Å². The summed E-state index contributed by atoms with van der Waals surface area (Å²) in [5, 5.41) is 0. The Morgan fingerprint density at radius 3 is 2.24 bits per heavy atom. The first-order chi connectivity index (χ1) is 13.8. The van der Waals surface area contributed by atoms with Gasteiger partial charge in [-0.1, -0.05) is 27.2 Å². The number of unbranched alkanes of at least 4 members (excludes halogenated alkanes) is 1. The summed E-state index contributed by atoms with van der Waals surface area (Å²) in [6, 6.07) is 2.09. The Morgan fingerprint density at radius 1 is 0.966 bits per heavy atom. The van der Waals surface area contributed by atoms with Gasteiger partial charge in [-0.05, 0) is 31.1 Å². The van der Waals surface area contributed by atoms with Crippen molar-refractivity contribution in [1.29, 1.82) is 0 Å². The smallest absolute Gasteiger partial charge is 0.211 e. The minimum atomic E-state index is -0.569. The molecule has 0 aromatic heterocycles. The molecule has 6 atom stereocenters. The lowest BCUT2D eigenvalue weighted by atomic mass is 9.78. The molecule has 4 aliphatic heterocycles. The van der Waals surface area contributed by atoms with E-state index in [9.17, 15) is 0 Å². The molecule has 0 spiro atoms. The zero-order valence-corrected chi connectivity index (χ0v) is 18.4. The Hall–Kier alpha value is -1.46. The van der Waals surface area contributed by atoms with E-state index in [0.29, 0.717) is 30.3 Å². The van der Waals surface area contributed by atoms with Crippen LogP contribution in [0.25, 0.3) is 0 Å². The van der Waals surface area contributed by atoms with Crippen molar-refractivity contribution in [3.63, 3.8) is 0 Å². The zero-order chi connectivity index (χ0) is 20.4. The molecule has 1 aromatic rings. The van der Waals surface area contributed by atoms with Crippen molar-refractivity contribution < 1.29 is 23.7 Å². The van der Waals surface area contributed by atoms with Gasteiger partial charge in [-0.2, -0.15) is 0 Å². The molecule has 0 aliphatic carbocycles. The average Bonchev–Trinajstić information content (AvgIpc) is 3.14. The van der Waals surface area contributed by atoms with E-state index in [1.54, 1.807) is 0 Å². The molecule has 5 nitrogen and oxygen atoms in total. The SMILES string of the molecule is CCCCOc1cc2c(c3c1C[C@@H]1[C@@H](C)CO[C@]1(C)O3)C[C@@H]1[C@@H](C)CO[C@]1(C)O2. The third-order valence-corrected chi connectivity index (χ3v) is 7.61. The summed E-state index contributed by atoms with van der Waals surface area (Å²) in [4.78, 5) is 0. The second-order valence-electron chi connectivity index (χ2n) is 9.79. The number of hydrogen-bond acceptors (Lipinski definition) is 5. The van der Waals surface area contributed by atoms with Crippen LogP contribution in [0.1, 0.15) is 58.6 Å². The maximum Gasteiger partial charge on any atom is 0.211 e. The first kappa shape index (κ1) is 19.5. The lowest BCUT2D eigenvalue weighted by Gasteiger charge is -2.43. The van der Waals surface area contributed by atoms with Gasteiger partial charge in [-0.25, -0.2) is 0 Å². The van der Waals surface area contributed by atoms with Crippen molar-refractivity contribution in [2.75, 3.05) is 19.8 Å². The first-order valence-electron chi connectivity index (χ1n) is 11.3. The Balaban J connectivity index is 1.59. The van der Waals surface area contributed by atoms with Gasteiger partial charge < -0.3 is 23.7 Å². The molecular formula is C24H34O5. The molecule has 160 valence electrons. The van der Waals surface area contributed by atoms with Crippen LogP contribution in [0.3, 0.4) is 0 Å². The van der Waals surface area contributed by atoms with Crippen LogP contribution in [0.15, 0.2) is 6.07 Å². The topological polar surface area (TPSA) is 46.2 Å². The quantitative estimate of drug-likeness (QED) is 0.681. The molecule has 0 unspecified atom stereocenters. The van der Waals surface area contributed by atoms with Crippen LogP contribution < -0.4 is 14.2 Å². The molecule has 0 radical (unpaired) electrons. The molecule has 1 aromatic carbocycles. The third-order valence-electron chi connectivity index (χ3n) is 7.61. The van der Waals surface area contributed by atoms with E-state index in [1.165, 1.54) is 5.56 Å². The van der Waals surface area contributed by atoms with Crippen LogP contribution in [0, 0.1) is 23.7 Å². The molecule has 5 rings (SSSR count). The monoisotopic (exact) mass is 402 g/mol. The van der Waals surface area contributed by atoms with Crippen LogP contribution in [0.4, 0.5) is 0 Å². The van der Waals surface area contributed by atoms with Crippen molar-refractivity contribution in [1.82, 2.24) is 0 Å². The fourth-order valence-electron chi connectivity index (χ4n) is 5.67. The standard InChI is InChI=1S/C24H34O5/c1-6-7-8-25-20-11-21-17(10-18-14(2)12-26-23(18,4)28-21)22-16(20)9-19-15(3)13-27-24(19,5)29-22/h11,14-15,18-19H,6-10,12-13H2,1-5H3/t14-,15-,18+,19+,23+,24+/m0/s1. The van der Waals surface area contributed by atoms with Crippen molar-refractivity contribution in [2.24, 2.45) is 23.7 Å². The van der Waals surface area contributed by atoms with Gasteiger partial charge >= 0.3 is 0 Å². The number of benzene rings is 1. The van der Waals surface area contributed by atoms with Gasteiger partial charge in [0.1, 0.15) is 17.2 Å². The molecule has 0 saturated carbocycles. The summed E-state index contributed by atoms with van der Waals surface area (Å²) in [5.74, 6) is 3.13. The number of rotatable bonds is 4. The molecule has 2 saturated heterocycles. The molecule has 0 bridgehead atoms. The van der Waals surface area contributed by atoms with Crippen molar-refractivity contribution in [3.05, 3.63) is 17.2 Å². The minimum absolute atomic E-state index is 0.323. The number of hydrogen-bond donors (Lipinski definition) is 0. The maximum atomic E-state index is 6.65. The largest absolute Gasteiger partial charge is 0.493 e. The van der Waals surface area contributed by atoms with Gasteiger partial charge in [-0.3, -0.25) is 0 Å². The molecule has 4 aliphatic rings. The van der Waals surface area contributed by atoms with Gasteiger partial charge in [0.25, 0.3) is 0 Å². The van der Waals surface area contributed by atoms with Crippen LogP contribution in [0.5, 0.6) is 17.2 Å². The van der Waals surface area contributed by atoms with E-state index in [0.717, 1.165) is 61.7 Å². The highest BCUT2D eigenvalue weighted by Crippen LogP contribution is 2.55. The Kier molecular flexibility index (Phi) is 4.56. The molecular weight excluding hydrogens is 368 g/mol. The highest BCUT2D eigenvalue weighted by Gasteiger charge is 2.54. The summed E-state index contributed by atoms with van der Waals surface area (Å²) in [6.45, 7) is 13.0. The molecule has 5 heteroatoms. The molecule has 2 fully saturated rings. The van der Waals surface area contributed by atoms with E-state index in [1.807, 2.05) is 0 Å². The predicted octanol–water partition coefficient (Wildman–Crippen LogP) is 4.73. The number of ether oxygens (including phenoxy) is 5. The van der Waals surface area contributed by atoms with Crippen molar-refractivity contribution in [2.45, 2.75) is 71.9 Å². The summed E-state index contributed by atoms with van der Waals surface area (Å²) >= 11 is 0. The van der Waals surface area contributed by atoms with E-state index in [-0.39, 0.29) is 0 Å².